The lowest BCUT2D eigenvalue weighted by Gasteiger charge is -2.08. The fourth-order valence-corrected chi connectivity index (χ4v) is 1.82. The highest BCUT2D eigenvalue weighted by atomic mass is 19.3. The van der Waals surface area contributed by atoms with Crippen molar-refractivity contribution in [3.63, 3.8) is 0 Å². The Labute approximate surface area is 122 Å². The van der Waals surface area contributed by atoms with Crippen molar-refractivity contribution in [1.82, 2.24) is 24.9 Å². The molecular formula is C12H13F4N5O. The molecule has 0 spiro atoms. The highest BCUT2D eigenvalue weighted by molar-refractivity contribution is 5.75. The summed E-state index contributed by atoms with van der Waals surface area (Å²) in [4.78, 5) is 11.7. The summed E-state index contributed by atoms with van der Waals surface area (Å²) in [5, 5.41) is 9.73. The topological polar surface area (TPSA) is 64.7 Å². The molecule has 22 heavy (non-hydrogen) atoms. The van der Waals surface area contributed by atoms with Crippen LogP contribution in [0, 0.1) is 0 Å². The first-order valence-electron chi connectivity index (χ1n) is 6.26. The minimum Gasteiger partial charge on any atom is -0.349 e. The molecule has 0 aliphatic rings. The van der Waals surface area contributed by atoms with Gasteiger partial charge in [0.1, 0.15) is 17.9 Å². The first-order chi connectivity index (χ1) is 10.4. The summed E-state index contributed by atoms with van der Waals surface area (Å²) in [5.74, 6) is -0.619. The number of hydrogen-bond donors (Lipinski definition) is 1. The number of nitrogens with one attached hydrogen (secondary N) is 1. The number of rotatable bonds is 6. The minimum atomic E-state index is -3.00. The highest BCUT2D eigenvalue weighted by Crippen LogP contribution is 2.24. The van der Waals surface area contributed by atoms with Gasteiger partial charge in [0, 0.05) is 13.2 Å². The van der Waals surface area contributed by atoms with Gasteiger partial charge in [0.25, 0.3) is 12.9 Å². The molecule has 0 aliphatic carbocycles. The molecule has 6 nitrogen and oxygen atoms in total. The summed E-state index contributed by atoms with van der Waals surface area (Å²) < 4.78 is 52.7. The largest absolute Gasteiger partial charge is 0.349 e. The minimum absolute atomic E-state index is 0.141. The fraction of sp³-hybridized carbons (Fsp3) is 0.417. The van der Waals surface area contributed by atoms with E-state index in [0.717, 1.165) is 0 Å². The lowest BCUT2D eigenvalue weighted by atomic mass is 10.3. The maximum Gasteiger partial charge on any atom is 0.282 e. The number of aromatic nitrogens is 4. The van der Waals surface area contributed by atoms with E-state index in [2.05, 4.69) is 15.5 Å². The quantitative estimate of drug-likeness (QED) is 0.826. The van der Waals surface area contributed by atoms with Crippen LogP contribution >= 0.6 is 0 Å². The first kappa shape index (κ1) is 16.0. The Morgan fingerprint density at radius 1 is 1.32 bits per heavy atom. The van der Waals surface area contributed by atoms with Gasteiger partial charge in [0.05, 0.1) is 12.2 Å². The molecule has 1 N–H and O–H groups in total. The molecule has 120 valence electrons. The Morgan fingerprint density at radius 2 is 2.05 bits per heavy atom. The lowest BCUT2D eigenvalue weighted by Crippen LogP contribution is -2.29. The zero-order chi connectivity index (χ0) is 16.3. The molecule has 0 radical (unpaired) electrons. The van der Waals surface area contributed by atoms with Crippen molar-refractivity contribution in [1.29, 1.82) is 0 Å². The molecule has 2 rings (SSSR count). The molecule has 0 saturated carbocycles. The maximum absolute atomic E-state index is 12.8. The summed E-state index contributed by atoms with van der Waals surface area (Å²) in [6.45, 7) is -0.424. The van der Waals surface area contributed by atoms with Gasteiger partial charge in [-0.1, -0.05) is 0 Å². The SMILES string of the molecule is Cn1nccc1CNC(=O)Cn1nc(C(F)F)cc1C(F)F. The Balaban J connectivity index is 2.03. The van der Waals surface area contributed by atoms with E-state index in [9.17, 15) is 22.4 Å². The highest BCUT2D eigenvalue weighted by Gasteiger charge is 2.22. The van der Waals surface area contributed by atoms with Crippen molar-refractivity contribution in [2.75, 3.05) is 0 Å². The van der Waals surface area contributed by atoms with E-state index in [1.165, 1.54) is 4.68 Å². The van der Waals surface area contributed by atoms with E-state index < -0.39 is 36.7 Å². The number of aryl methyl sites for hydroxylation is 1. The number of amides is 1. The van der Waals surface area contributed by atoms with E-state index in [-0.39, 0.29) is 6.54 Å². The summed E-state index contributed by atoms with van der Waals surface area (Å²) in [6.07, 6.45) is -4.43. The third-order valence-corrected chi connectivity index (χ3v) is 2.96. The van der Waals surface area contributed by atoms with Crippen LogP contribution in [0.3, 0.4) is 0 Å². The van der Waals surface area contributed by atoms with Gasteiger partial charge in [0.2, 0.25) is 5.91 Å². The summed E-state index contributed by atoms with van der Waals surface area (Å²) in [5.41, 5.74) is -0.795. The summed E-state index contributed by atoms with van der Waals surface area (Å²) in [6, 6.07) is 2.28. The standard InChI is InChI=1S/C12H13F4N5O/c1-20-7(2-3-18-20)5-17-10(22)6-21-9(12(15)16)4-8(19-21)11(13)14/h2-4,11-12H,5-6H2,1H3,(H,17,22). The Hall–Kier alpha value is -2.39. The molecular weight excluding hydrogens is 306 g/mol. The molecule has 0 aromatic carbocycles. The number of carbonyl (C=O) groups excluding carboxylic acids is 1. The summed E-state index contributed by atoms with van der Waals surface area (Å²) >= 11 is 0. The average molecular weight is 319 g/mol. The average Bonchev–Trinajstić information content (AvgIpc) is 3.03. The van der Waals surface area contributed by atoms with E-state index in [1.807, 2.05) is 0 Å². The molecule has 0 bridgehead atoms. The molecule has 2 aromatic heterocycles. The van der Waals surface area contributed by atoms with Crippen LogP contribution in [0.1, 0.15) is 29.9 Å². The number of alkyl halides is 4. The van der Waals surface area contributed by atoms with Crippen molar-refractivity contribution >= 4 is 5.91 Å². The van der Waals surface area contributed by atoms with Gasteiger partial charge in [-0.25, -0.2) is 17.6 Å². The number of carbonyl (C=O) groups is 1. The molecule has 2 heterocycles. The van der Waals surface area contributed by atoms with Crippen LogP contribution in [-0.4, -0.2) is 25.5 Å². The lowest BCUT2D eigenvalue weighted by molar-refractivity contribution is -0.122. The van der Waals surface area contributed by atoms with Crippen LogP contribution in [-0.2, 0) is 24.9 Å². The van der Waals surface area contributed by atoms with Crippen LogP contribution in [0.4, 0.5) is 17.6 Å². The van der Waals surface area contributed by atoms with Crippen LogP contribution in [0.2, 0.25) is 0 Å². The molecule has 10 heteroatoms. The smallest absolute Gasteiger partial charge is 0.282 e. The normalized spacial score (nSPS) is 11.4. The van der Waals surface area contributed by atoms with Gasteiger partial charge in [-0.15, -0.1) is 0 Å². The Bertz CT molecular complexity index is 652. The molecule has 0 unspecified atom stereocenters. The zero-order valence-corrected chi connectivity index (χ0v) is 11.5. The van der Waals surface area contributed by atoms with Crippen molar-refractivity contribution in [2.45, 2.75) is 25.9 Å². The van der Waals surface area contributed by atoms with Crippen LogP contribution in [0.25, 0.3) is 0 Å². The second-order valence-electron chi connectivity index (χ2n) is 4.48. The van der Waals surface area contributed by atoms with Crippen molar-refractivity contribution in [3.05, 3.63) is 35.4 Å². The van der Waals surface area contributed by atoms with Crippen molar-refractivity contribution < 1.29 is 22.4 Å². The van der Waals surface area contributed by atoms with Gasteiger partial charge < -0.3 is 5.32 Å². The van der Waals surface area contributed by atoms with E-state index in [0.29, 0.717) is 16.4 Å². The van der Waals surface area contributed by atoms with E-state index in [4.69, 9.17) is 0 Å². The second-order valence-corrected chi connectivity index (χ2v) is 4.48. The van der Waals surface area contributed by atoms with Gasteiger partial charge in [0.15, 0.2) is 0 Å². The Kier molecular flexibility index (Phi) is 4.78. The Morgan fingerprint density at radius 3 is 2.59 bits per heavy atom. The van der Waals surface area contributed by atoms with Crippen LogP contribution in [0.15, 0.2) is 18.3 Å². The maximum atomic E-state index is 12.8. The van der Waals surface area contributed by atoms with Gasteiger partial charge in [-0.2, -0.15) is 10.2 Å². The second kappa shape index (κ2) is 6.58. The van der Waals surface area contributed by atoms with Gasteiger partial charge in [-0.3, -0.25) is 14.2 Å². The monoisotopic (exact) mass is 319 g/mol. The molecule has 0 saturated heterocycles. The molecule has 2 aromatic rings. The fourth-order valence-electron chi connectivity index (χ4n) is 1.82. The molecule has 0 atom stereocenters. The number of halogens is 4. The third-order valence-electron chi connectivity index (χ3n) is 2.96. The van der Waals surface area contributed by atoms with Crippen LogP contribution in [0.5, 0.6) is 0 Å². The van der Waals surface area contributed by atoms with E-state index in [1.54, 1.807) is 19.3 Å². The number of nitrogens with zero attached hydrogens (tertiary/aromatic N) is 4. The predicted molar refractivity (Wildman–Crippen MR) is 67.2 cm³/mol. The van der Waals surface area contributed by atoms with E-state index >= 15 is 0 Å². The third kappa shape index (κ3) is 3.62. The van der Waals surface area contributed by atoms with Crippen molar-refractivity contribution in [2.24, 2.45) is 7.05 Å². The van der Waals surface area contributed by atoms with Gasteiger partial charge in [-0.05, 0) is 12.1 Å². The van der Waals surface area contributed by atoms with Crippen LogP contribution < -0.4 is 5.32 Å². The molecule has 0 fully saturated rings. The molecule has 0 aliphatic heterocycles. The first-order valence-corrected chi connectivity index (χ1v) is 6.26. The van der Waals surface area contributed by atoms with Gasteiger partial charge >= 0.3 is 0 Å². The predicted octanol–water partition coefficient (Wildman–Crippen LogP) is 1.81. The summed E-state index contributed by atoms with van der Waals surface area (Å²) in [7, 11) is 1.68. The van der Waals surface area contributed by atoms with Crippen molar-refractivity contribution in [3.8, 4) is 0 Å². The number of hydrogen-bond acceptors (Lipinski definition) is 3. The zero-order valence-electron chi connectivity index (χ0n) is 11.5. The molecule has 1 amide bonds.